The van der Waals surface area contributed by atoms with E-state index in [1.165, 1.54) is 0 Å². The lowest BCUT2D eigenvalue weighted by Gasteiger charge is -2.17. The zero-order valence-corrected chi connectivity index (χ0v) is 13.5. The number of anilines is 1. The third-order valence-corrected chi connectivity index (χ3v) is 3.99. The lowest BCUT2D eigenvalue weighted by atomic mass is 10.2. The summed E-state index contributed by atoms with van der Waals surface area (Å²) >= 11 is 0. The zero-order chi connectivity index (χ0) is 16.9. The van der Waals surface area contributed by atoms with Gasteiger partial charge in [0.2, 0.25) is 5.91 Å². The molecule has 0 spiro atoms. The Morgan fingerprint density at radius 3 is 2.75 bits per heavy atom. The van der Waals surface area contributed by atoms with E-state index >= 15 is 0 Å². The van der Waals surface area contributed by atoms with Crippen molar-refractivity contribution < 1.29 is 9.59 Å². The molecule has 6 nitrogen and oxygen atoms in total. The molecule has 0 saturated carbocycles. The molecule has 24 heavy (non-hydrogen) atoms. The number of benzene rings is 1. The van der Waals surface area contributed by atoms with Crippen molar-refractivity contribution in [2.75, 3.05) is 18.9 Å². The molecular formula is C18H20N4O2. The molecule has 2 N–H and O–H groups in total. The Hall–Kier alpha value is -2.89. The number of hydrogen-bond donors (Lipinski definition) is 2. The van der Waals surface area contributed by atoms with Gasteiger partial charge in [-0.3, -0.25) is 9.59 Å². The molecule has 1 unspecified atom stereocenters. The second-order valence-corrected chi connectivity index (χ2v) is 5.79. The van der Waals surface area contributed by atoms with Gasteiger partial charge in [-0.25, -0.2) is 4.98 Å². The number of carbonyl (C=O) groups excluding carboxylic acids is 2. The lowest BCUT2D eigenvalue weighted by Crippen LogP contribution is -2.28. The van der Waals surface area contributed by atoms with Crippen LogP contribution < -0.4 is 10.6 Å². The number of aromatic nitrogens is 1. The molecule has 1 atom stereocenters. The highest BCUT2D eigenvalue weighted by Crippen LogP contribution is 2.18. The van der Waals surface area contributed by atoms with E-state index in [1.807, 2.05) is 35.2 Å². The van der Waals surface area contributed by atoms with Crippen LogP contribution in [0.5, 0.6) is 0 Å². The fraction of sp³-hybridized carbons (Fsp3) is 0.278. The molecule has 1 aromatic carbocycles. The van der Waals surface area contributed by atoms with Crippen molar-refractivity contribution in [1.82, 2.24) is 15.2 Å². The molecule has 0 aliphatic carbocycles. The first-order valence-electron chi connectivity index (χ1n) is 7.93. The van der Waals surface area contributed by atoms with Crippen LogP contribution in [0.4, 0.5) is 5.82 Å². The lowest BCUT2D eigenvalue weighted by molar-refractivity contribution is -0.128. The third kappa shape index (κ3) is 3.71. The molecule has 0 bridgehead atoms. The van der Waals surface area contributed by atoms with Gasteiger partial charge in [0.1, 0.15) is 11.5 Å². The van der Waals surface area contributed by atoms with Crippen LogP contribution in [0.3, 0.4) is 0 Å². The van der Waals surface area contributed by atoms with Gasteiger partial charge >= 0.3 is 0 Å². The highest BCUT2D eigenvalue weighted by atomic mass is 16.2. The number of rotatable bonds is 5. The van der Waals surface area contributed by atoms with E-state index in [2.05, 4.69) is 15.6 Å². The Labute approximate surface area is 140 Å². The average Bonchev–Trinajstić information content (AvgIpc) is 2.94. The van der Waals surface area contributed by atoms with Gasteiger partial charge in [0.15, 0.2) is 0 Å². The standard InChI is InChI=1S/C18H20N4O2/c1-19-18(24)15-8-5-9-16(21-15)20-14-10-17(23)22(12-14)11-13-6-3-2-4-7-13/h2-9,14H,10-12H2,1H3,(H,19,24)(H,20,21). The van der Waals surface area contributed by atoms with Gasteiger partial charge < -0.3 is 15.5 Å². The van der Waals surface area contributed by atoms with Crippen molar-refractivity contribution in [3.05, 3.63) is 59.8 Å². The Morgan fingerprint density at radius 1 is 1.21 bits per heavy atom. The third-order valence-electron chi connectivity index (χ3n) is 3.99. The molecule has 1 aromatic heterocycles. The predicted octanol–water partition coefficient (Wildman–Crippen LogP) is 1.65. The quantitative estimate of drug-likeness (QED) is 0.877. The van der Waals surface area contributed by atoms with Crippen LogP contribution in [0.2, 0.25) is 0 Å². The SMILES string of the molecule is CNC(=O)c1cccc(NC2CC(=O)N(Cc3ccccc3)C2)n1. The fourth-order valence-electron chi connectivity index (χ4n) is 2.80. The van der Waals surface area contributed by atoms with Crippen LogP contribution in [0.1, 0.15) is 22.5 Å². The summed E-state index contributed by atoms with van der Waals surface area (Å²) in [6.07, 6.45) is 0.429. The summed E-state index contributed by atoms with van der Waals surface area (Å²) in [6, 6.07) is 15.2. The van der Waals surface area contributed by atoms with Crippen LogP contribution in [0.15, 0.2) is 48.5 Å². The zero-order valence-electron chi connectivity index (χ0n) is 13.5. The molecule has 2 aromatic rings. The van der Waals surface area contributed by atoms with Crippen LogP contribution >= 0.6 is 0 Å². The van der Waals surface area contributed by atoms with Gasteiger partial charge in [0, 0.05) is 26.6 Å². The van der Waals surface area contributed by atoms with Gasteiger partial charge in [-0.05, 0) is 17.7 Å². The molecule has 124 valence electrons. The second kappa shape index (κ2) is 7.12. The van der Waals surface area contributed by atoms with Crippen molar-refractivity contribution in [2.45, 2.75) is 19.0 Å². The topological polar surface area (TPSA) is 74.3 Å². The van der Waals surface area contributed by atoms with Gasteiger partial charge in [-0.15, -0.1) is 0 Å². The van der Waals surface area contributed by atoms with Crippen molar-refractivity contribution in [1.29, 1.82) is 0 Å². The van der Waals surface area contributed by atoms with Crippen molar-refractivity contribution >= 4 is 17.6 Å². The number of nitrogens with one attached hydrogen (secondary N) is 2. The van der Waals surface area contributed by atoms with Gasteiger partial charge in [0.05, 0.1) is 6.04 Å². The van der Waals surface area contributed by atoms with E-state index in [1.54, 1.807) is 25.2 Å². The Balaban J connectivity index is 1.63. The Morgan fingerprint density at radius 2 is 2.00 bits per heavy atom. The van der Waals surface area contributed by atoms with Crippen molar-refractivity contribution in [2.24, 2.45) is 0 Å². The summed E-state index contributed by atoms with van der Waals surface area (Å²) in [5.74, 6) is 0.501. The minimum atomic E-state index is -0.230. The van der Waals surface area contributed by atoms with Gasteiger partial charge in [0.25, 0.3) is 5.91 Å². The maximum absolute atomic E-state index is 12.2. The van der Waals surface area contributed by atoms with Crippen LogP contribution in [0, 0.1) is 0 Å². The highest BCUT2D eigenvalue weighted by Gasteiger charge is 2.29. The Kier molecular flexibility index (Phi) is 4.74. The normalized spacial score (nSPS) is 17.0. The van der Waals surface area contributed by atoms with Gasteiger partial charge in [-0.1, -0.05) is 36.4 Å². The molecule has 1 fully saturated rings. The van der Waals surface area contributed by atoms with E-state index in [0.717, 1.165) is 5.56 Å². The summed E-state index contributed by atoms with van der Waals surface area (Å²) < 4.78 is 0. The summed E-state index contributed by atoms with van der Waals surface area (Å²) in [6.45, 7) is 1.24. The predicted molar refractivity (Wildman–Crippen MR) is 91.5 cm³/mol. The summed E-state index contributed by atoms with van der Waals surface area (Å²) in [5.41, 5.74) is 1.47. The number of hydrogen-bond acceptors (Lipinski definition) is 4. The number of likely N-dealkylation sites (tertiary alicyclic amines) is 1. The van der Waals surface area contributed by atoms with Crippen LogP contribution in [-0.4, -0.2) is 41.3 Å². The first-order chi connectivity index (χ1) is 11.7. The second-order valence-electron chi connectivity index (χ2n) is 5.79. The highest BCUT2D eigenvalue weighted by molar-refractivity contribution is 5.92. The molecule has 3 rings (SSSR count). The summed E-state index contributed by atoms with van der Waals surface area (Å²) in [5, 5.41) is 5.80. The number of nitrogens with zero attached hydrogens (tertiary/aromatic N) is 2. The number of carbonyl (C=O) groups is 2. The minimum Gasteiger partial charge on any atom is -0.365 e. The average molecular weight is 324 g/mol. The minimum absolute atomic E-state index is 0.00588. The maximum Gasteiger partial charge on any atom is 0.269 e. The molecular weight excluding hydrogens is 304 g/mol. The van der Waals surface area contributed by atoms with Crippen molar-refractivity contribution in [3.63, 3.8) is 0 Å². The monoisotopic (exact) mass is 324 g/mol. The Bertz CT molecular complexity index is 733. The summed E-state index contributed by atoms with van der Waals surface area (Å²) in [4.78, 5) is 30.0. The fourth-order valence-corrected chi connectivity index (χ4v) is 2.80. The molecule has 2 heterocycles. The van der Waals surface area contributed by atoms with E-state index < -0.39 is 0 Å². The molecule has 0 radical (unpaired) electrons. The van der Waals surface area contributed by atoms with Crippen LogP contribution in [0.25, 0.3) is 0 Å². The molecule has 1 aliphatic rings. The van der Waals surface area contributed by atoms with Crippen LogP contribution in [-0.2, 0) is 11.3 Å². The maximum atomic E-state index is 12.2. The molecule has 1 aliphatic heterocycles. The molecule has 2 amide bonds. The summed E-state index contributed by atoms with van der Waals surface area (Å²) in [7, 11) is 1.57. The first kappa shape index (κ1) is 16.0. The molecule has 1 saturated heterocycles. The van der Waals surface area contributed by atoms with E-state index in [4.69, 9.17) is 0 Å². The van der Waals surface area contributed by atoms with Gasteiger partial charge in [-0.2, -0.15) is 0 Å². The molecule has 6 heteroatoms. The first-order valence-corrected chi connectivity index (χ1v) is 7.93. The van der Waals surface area contributed by atoms with E-state index in [9.17, 15) is 9.59 Å². The number of amides is 2. The van der Waals surface area contributed by atoms with Crippen molar-refractivity contribution in [3.8, 4) is 0 Å². The smallest absolute Gasteiger partial charge is 0.269 e. The number of pyridine rings is 1. The van der Waals surface area contributed by atoms with E-state index in [0.29, 0.717) is 31.0 Å². The largest absolute Gasteiger partial charge is 0.365 e. The van der Waals surface area contributed by atoms with E-state index in [-0.39, 0.29) is 17.9 Å².